The molecule has 14 heteroatoms. The lowest BCUT2D eigenvalue weighted by Gasteiger charge is -2.28. The number of carbonyl (C=O) groups excluding carboxylic acids is 1. The molecular formula is C29H28F3N7O4. The fourth-order valence-electron chi connectivity index (χ4n) is 4.78. The lowest BCUT2D eigenvalue weighted by molar-refractivity contribution is -0.137. The average molecular weight is 596 g/mol. The van der Waals surface area contributed by atoms with Gasteiger partial charge >= 0.3 is 6.18 Å². The summed E-state index contributed by atoms with van der Waals surface area (Å²) in [6, 6.07) is 12.5. The summed E-state index contributed by atoms with van der Waals surface area (Å²) >= 11 is 0. The maximum absolute atomic E-state index is 13.8. The van der Waals surface area contributed by atoms with Crippen LogP contribution < -0.4 is 37.4 Å². The van der Waals surface area contributed by atoms with Crippen LogP contribution in [-0.2, 0) is 6.18 Å². The standard InChI is InChI=1S/C29H28F3N7O4/c1-33-27(43)19-4-2-3-5-21(19)38-26-20(29(30,31)32)14-34-28(39-26)37-17-8-6-15(7-9-17)35-22-23(25(42)24(22)41)36-16-10-12-18(40)13-11-16/h2-9,14,16,18,35-36,40H,10-13H2,1H3,(H,33,43)(H2,34,37,38,39). The van der Waals surface area contributed by atoms with E-state index in [2.05, 4.69) is 36.6 Å². The van der Waals surface area contributed by atoms with Crippen LogP contribution in [0.1, 0.15) is 41.6 Å². The van der Waals surface area contributed by atoms with E-state index in [4.69, 9.17) is 0 Å². The van der Waals surface area contributed by atoms with Gasteiger partial charge in [-0.2, -0.15) is 18.2 Å². The van der Waals surface area contributed by atoms with Crippen molar-refractivity contribution >= 4 is 46.1 Å². The van der Waals surface area contributed by atoms with Gasteiger partial charge in [-0.15, -0.1) is 0 Å². The lowest BCUT2D eigenvalue weighted by Crippen LogP contribution is -2.40. The number of aromatic nitrogens is 2. The minimum atomic E-state index is -4.77. The molecule has 1 aromatic heterocycles. The van der Waals surface area contributed by atoms with Crippen molar-refractivity contribution in [2.75, 3.05) is 28.3 Å². The molecule has 224 valence electrons. The molecule has 5 rings (SSSR count). The van der Waals surface area contributed by atoms with Crippen molar-refractivity contribution in [3.63, 3.8) is 0 Å². The van der Waals surface area contributed by atoms with E-state index >= 15 is 0 Å². The first-order valence-electron chi connectivity index (χ1n) is 13.5. The zero-order chi connectivity index (χ0) is 30.7. The summed E-state index contributed by atoms with van der Waals surface area (Å²) in [7, 11) is 1.41. The number of para-hydroxylation sites is 1. The summed E-state index contributed by atoms with van der Waals surface area (Å²) < 4.78 is 41.3. The highest BCUT2D eigenvalue weighted by Gasteiger charge is 2.35. The fourth-order valence-corrected chi connectivity index (χ4v) is 4.78. The van der Waals surface area contributed by atoms with Gasteiger partial charge in [0.1, 0.15) is 22.8 Å². The second-order valence-corrected chi connectivity index (χ2v) is 10.1. The van der Waals surface area contributed by atoms with Crippen LogP contribution >= 0.6 is 0 Å². The number of alkyl halides is 3. The molecule has 0 bridgehead atoms. The minimum Gasteiger partial charge on any atom is -0.393 e. The summed E-state index contributed by atoms with van der Waals surface area (Å²) in [5, 5.41) is 23.7. The Morgan fingerprint density at radius 2 is 1.51 bits per heavy atom. The molecule has 1 amide bonds. The van der Waals surface area contributed by atoms with Crippen molar-refractivity contribution in [1.29, 1.82) is 0 Å². The average Bonchev–Trinajstić information content (AvgIpc) is 3.00. The van der Waals surface area contributed by atoms with Crippen LogP contribution in [0.15, 0.2) is 64.3 Å². The van der Waals surface area contributed by atoms with Crippen molar-refractivity contribution in [2.24, 2.45) is 0 Å². The van der Waals surface area contributed by atoms with Crippen molar-refractivity contribution < 1.29 is 23.1 Å². The topological polar surface area (TPSA) is 157 Å². The summed E-state index contributed by atoms with van der Waals surface area (Å²) in [6.07, 6.45) is -1.87. The van der Waals surface area contributed by atoms with E-state index in [0.717, 1.165) is 0 Å². The molecule has 0 atom stereocenters. The Morgan fingerprint density at radius 3 is 2.16 bits per heavy atom. The Labute approximate surface area is 243 Å². The van der Waals surface area contributed by atoms with E-state index in [1.54, 1.807) is 36.4 Å². The number of nitrogens with zero attached hydrogens (tertiary/aromatic N) is 2. The van der Waals surface area contributed by atoms with E-state index in [9.17, 15) is 32.7 Å². The number of amides is 1. The Bertz CT molecular complexity index is 1690. The highest BCUT2D eigenvalue weighted by Crippen LogP contribution is 2.36. The normalized spacial score (nSPS) is 16.9. The van der Waals surface area contributed by atoms with Gasteiger partial charge in [0.15, 0.2) is 0 Å². The molecule has 0 spiro atoms. The van der Waals surface area contributed by atoms with Crippen molar-refractivity contribution in [1.82, 2.24) is 15.3 Å². The number of hydrogen-bond donors (Lipinski definition) is 6. The van der Waals surface area contributed by atoms with Crippen LogP contribution in [0.5, 0.6) is 0 Å². The first-order chi connectivity index (χ1) is 20.5. The van der Waals surface area contributed by atoms with Crippen LogP contribution in [0, 0.1) is 0 Å². The molecule has 0 radical (unpaired) electrons. The summed E-state index contributed by atoms with van der Waals surface area (Å²) in [5.74, 6) is -1.18. The Hall–Kier alpha value is -4.98. The number of anilines is 7. The highest BCUT2D eigenvalue weighted by molar-refractivity contribution is 6.00. The highest BCUT2D eigenvalue weighted by atomic mass is 19.4. The molecule has 1 saturated carbocycles. The third-order valence-corrected chi connectivity index (χ3v) is 7.11. The summed E-state index contributed by atoms with van der Waals surface area (Å²) in [5.41, 5.74) is -0.808. The Kier molecular flexibility index (Phi) is 8.30. The maximum atomic E-state index is 13.8. The summed E-state index contributed by atoms with van der Waals surface area (Å²) in [6.45, 7) is 0. The molecule has 0 unspecified atom stereocenters. The molecule has 4 aromatic rings. The van der Waals surface area contributed by atoms with Gasteiger partial charge in [0, 0.05) is 30.7 Å². The van der Waals surface area contributed by atoms with Gasteiger partial charge in [-0.05, 0) is 62.1 Å². The number of hydrogen-bond acceptors (Lipinski definition) is 10. The molecule has 6 N–H and O–H groups in total. The van der Waals surface area contributed by atoms with Gasteiger partial charge in [-0.3, -0.25) is 14.4 Å². The predicted octanol–water partition coefficient (Wildman–Crippen LogP) is 4.40. The van der Waals surface area contributed by atoms with Crippen LogP contribution in [0.3, 0.4) is 0 Å². The first-order valence-corrected chi connectivity index (χ1v) is 13.5. The van der Waals surface area contributed by atoms with E-state index in [1.807, 2.05) is 0 Å². The zero-order valence-corrected chi connectivity index (χ0v) is 22.9. The molecule has 1 aliphatic rings. The summed E-state index contributed by atoms with van der Waals surface area (Å²) in [4.78, 5) is 44.4. The molecule has 1 fully saturated rings. The van der Waals surface area contributed by atoms with Gasteiger partial charge in [0.05, 0.1) is 17.4 Å². The number of nitrogens with one attached hydrogen (secondary N) is 5. The largest absolute Gasteiger partial charge is 0.421 e. The second kappa shape index (κ2) is 12.1. The molecule has 1 aliphatic carbocycles. The Balaban J connectivity index is 1.31. The van der Waals surface area contributed by atoms with E-state index in [-0.39, 0.29) is 40.7 Å². The van der Waals surface area contributed by atoms with Crippen molar-refractivity contribution in [3.05, 3.63) is 86.3 Å². The Morgan fingerprint density at radius 1 is 0.884 bits per heavy atom. The second-order valence-electron chi connectivity index (χ2n) is 10.1. The van der Waals surface area contributed by atoms with Crippen molar-refractivity contribution in [2.45, 2.75) is 44.0 Å². The SMILES string of the molecule is CNC(=O)c1ccccc1Nc1nc(Nc2ccc(Nc3c(NC4CCC(O)CC4)c(=O)c3=O)cc2)ncc1C(F)(F)F. The van der Waals surface area contributed by atoms with E-state index < -0.39 is 34.3 Å². The molecule has 11 nitrogen and oxygen atoms in total. The number of benzene rings is 2. The molecule has 3 aromatic carbocycles. The van der Waals surface area contributed by atoms with Crippen LogP contribution in [-0.4, -0.2) is 40.2 Å². The van der Waals surface area contributed by atoms with Crippen molar-refractivity contribution in [3.8, 4) is 0 Å². The van der Waals surface area contributed by atoms with E-state index in [0.29, 0.717) is 43.3 Å². The minimum absolute atomic E-state index is 0.0146. The first kappa shape index (κ1) is 29.5. The number of aliphatic hydroxyl groups is 1. The molecule has 43 heavy (non-hydrogen) atoms. The zero-order valence-electron chi connectivity index (χ0n) is 22.9. The smallest absolute Gasteiger partial charge is 0.393 e. The third kappa shape index (κ3) is 6.59. The maximum Gasteiger partial charge on any atom is 0.421 e. The molecule has 0 saturated heterocycles. The predicted molar refractivity (Wildman–Crippen MR) is 156 cm³/mol. The van der Waals surface area contributed by atoms with Crippen LogP contribution in [0.2, 0.25) is 0 Å². The number of halogens is 3. The van der Waals surface area contributed by atoms with Crippen LogP contribution in [0.25, 0.3) is 0 Å². The van der Waals surface area contributed by atoms with Gasteiger partial charge in [0.25, 0.3) is 16.8 Å². The fraction of sp³-hybridized carbons (Fsp3) is 0.276. The molecular weight excluding hydrogens is 567 g/mol. The number of rotatable bonds is 9. The van der Waals surface area contributed by atoms with Gasteiger partial charge < -0.3 is 31.7 Å². The van der Waals surface area contributed by atoms with Crippen LogP contribution in [0.4, 0.5) is 53.4 Å². The monoisotopic (exact) mass is 595 g/mol. The third-order valence-electron chi connectivity index (χ3n) is 7.11. The molecule has 1 heterocycles. The van der Waals surface area contributed by atoms with E-state index in [1.165, 1.54) is 19.2 Å². The number of aliphatic hydroxyl groups excluding tert-OH is 1. The lowest BCUT2D eigenvalue weighted by atomic mass is 9.92. The van der Waals surface area contributed by atoms with Gasteiger partial charge in [-0.1, -0.05) is 12.1 Å². The quantitative estimate of drug-likeness (QED) is 0.153. The molecule has 0 aliphatic heterocycles. The number of carbonyl (C=O) groups is 1. The van der Waals surface area contributed by atoms with Gasteiger partial charge in [0.2, 0.25) is 5.95 Å². The van der Waals surface area contributed by atoms with Gasteiger partial charge in [-0.25, -0.2) is 4.98 Å².